The minimum Gasteiger partial charge on any atom is -0.486 e. The standard InChI is InChI=1S/C15H17N3O2S/c1-10-16-17-15(18(10)11-6-7-11)21-9-12-8-19-13-4-2-3-5-14(13)20-12/h2-5,11-12H,6-9H2,1H3/t12-/m1/s1. The van der Waals surface area contributed by atoms with Crippen LogP contribution in [0, 0.1) is 6.92 Å². The summed E-state index contributed by atoms with van der Waals surface area (Å²) in [6, 6.07) is 8.41. The summed E-state index contributed by atoms with van der Waals surface area (Å²) in [5.41, 5.74) is 0. The molecule has 0 amide bonds. The van der Waals surface area contributed by atoms with Gasteiger partial charge in [0.2, 0.25) is 0 Å². The molecule has 1 aliphatic carbocycles. The van der Waals surface area contributed by atoms with Gasteiger partial charge in [0.05, 0.1) is 0 Å². The first kappa shape index (κ1) is 13.0. The van der Waals surface area contributed by atoms with Crippen molar-refractivity contribution in [3.8, 4) is 11.5 Å². The van der Waals surface area contributed by atoms with E-state index in [0.717, 1.165) is 28.2 Å². The van der Waals surface area contributed by atoms with Crippen LogP contribution in [0.2, 0.25) is 0 Å². The van der Waals surface area contributed by atoms with Gasteiger partial charge in [0, 0.05) is 11.8 Å². The molecule has 1 fully saturated rings. The Morgan fingerprint density at radius 2 is 2.05 bits per heavy atom. The van der Waals surface area contributed by atoms with Crippen molar-refractivity contribution in [2.45, 2.75) is 37.1 Å². The van der Waals surface area contributed by atoms with E-state index in [1.165, 1.54) is 12.8 Å². The number of fused-ring (bicyclic) bond motifs is 1. The number of aromatic nitrogens is 3. The van der Waals surface area contributed by atoms with Crippen molar-refractivity contribution in [1.82, 2.24) is 14.8 Å². The van der Waals surface area contributed by atoms with E-state index in [0.29, 0.717) is 12.6 Å². The van der Waals surface area contributed by atoms with Gasteiger partial charge in [-0.3, -0.25) is 0 Å². The first-order chi connectivity index (χ1) is 10.3. The van der Waals surface area contributed by atoms with E-state index in [2.05, 4.69) is 14.8 Å². The maximum atomic E-state index is 5.97. The van der Waals surface area contributed by atoms with Gasteiger partial charge < -0.3 is 14.0 Å². The molecule has 1 saturated carbocycles. The topological polar surface area (TPSA) is 49.2 Å². The molecule has 0 bridgehead atoms. The number of aryl methyl sites for hydroxylation is 1. The molecular formula is C15H17N3O2S. The Kier molecular flexibility index (Phi) is 3.25. The highest BCUT2D eigenvalue weighted by Gasteiger charge is 2.29. The molecule has 1 aliphatic heterocycles. The number of hydrogen-bond acceptors (Lipinski definition) is 5. The van der Waals surface area contributed by atoms with Crippen molar-refractivity contribution in [2.75, 3.05) is 12.4 Å². The van der Waals surface area contributed by atoms with Crippen molar-refractivity contribution in [3.05, 3.63) is 30.1 Å². The van der Waals surface area contributed by atoms with Gasteiger partial charge in [0.15, 0.2) is 16.7 Å². The summed E-state index contributed by atoms with van der Waals surface area (Å²) < 4.78 is 14.0. The van der Waals surface area contributed by atoms with Gasteiger partial charge >= 0.3 is 0 Å². The van der Waals surface area contributed by atoms with Gasteiger partial charge in [-0.15, -0.1) is 10.2 Å². The molecule has 2 aliphatic rings. The molecule has 0 unspecified atom stereocenters. The Morgan fingerprint density at radius 1 is 1.24 bits per heavy atom. The monoisotopic (exact) mass is 303 g/mol. The number of para-hydroxylation sites is 2. The summed E-state index contributed by atoms with van der Waals surface area (Å²) in [4.78, 5) is 0. The van der Waals surface area contributed by atoms with Crippen molar-refractivity contribution in [2.24, 2.45) is 0 Å². The first-order valence-corrected chi connectivity index (χ1v) is 8.22. The number of nitrogens with zero attached hydrogens (tertiary/aromatic N) is 3. The zero-order chi connectivity index (χ0) is 14.2. The largest absolute Gasteiger partial charge is 0.486 e. The van der Waals surface area contributed by atoms with Crippen LogP contribution in [-0.2, 0) is 0 Å². The summed E-state index contributed by atoms with van der Waals surface area (Å²) in [7, 11) is 0. The smallest absolute Gasteiger partial charge is 0.191 e. The molecular weight excluding hydrogens is 286 g/mol. The van der Waals surface area contributed by atoms with Crippen LogP contribution in [0.4, 0.5) is 0 Å². The zero-order valence-electron chi connectivity index (χ0n) is 11.9. The molecule has 0 saturated heterocycles. The lowest BCUT2D eigenvalue weighted by Gasteiger charge is -2.26. The third-order valence-corrected chi connectivity index (χ3v) is 4.79. The summed E-state index contributed by atoms with van der Waals surface area (Å²) in [6.07, 6.45) is 2.53. The van der Waals surface area contributed by atoms with Crippen molar-refractivity contribution < 1.29 is 9.47 Å². The van der Waals surface area contributed by atoms with E-state index in [-0.39, 0.29) is 6.10 Å². The average Bonchev–Trinajstić information content (AvgIpc) is 3.28. The third-order valence-electron chi connectivity index (χ3n) is 3.71. The van der Waals surface area contributed by atoms with Gasteiger partial charge in [-0.05, 0) is 31.9 Å². The maximum absolute atomic E-state index is 5.97. The van der Waals surface area contributed by atoms with Crippen LogP contribution in [0.5, 0.6) is 11.5 Å². The highest BCUT2D eigenvalue weighted by Crippen LogP contribution is 2.39. The molecule has 1 aromatic carbocycles. The summed E-state index contributed by atoms with van der Waals surface area (Å²) >= 11 is 1.70. The molecule has 1 atom stereocenters. The van der Waals surface area contributed by atoms with Crippen LogP contribution >= 0.6 is 11.8 Å². The van der Waals surface area contributed by atoms with Crippen LogP contribution in [-0.4, -0.2) is 33.2 Å². The normalized spacial score (nSPS) is 20.5. The van der Waals surface area contributed by atoms with Crippen LogP contribution in [0.15, 0.2) is 29.4 Å². The predicted octanol–water partition coefficient (Wildman–Crippen LogP) is 2.85. The molecule has 0 N–H and O–H groups in total. The van der Waals surface area contributed by atoms with Gasteiger partial charge in [-0.1, -0.05) is 23.9 Å². The van der Waals surface area contributed by atoms with Crippen LogP contribution in [0.25, 0.3) is 0 Å². The molecule has 21 heavy (non-hydrogen) atoms. The van der Waals surface area contributed by atoms with E-state index >= 15 is 0 Å². The molecule has 1 aromatic heterocycles. The van der Waals surface area contributed by atoms with Crippen LogP contribution in [0.3, 0.4) is 0 Å². The highest BCUT2D eigenvalue weighted by molar-refractivity contribution is 7.99. The first-order valence-electron chi connectivity index (χ1n) is 7.24. The Bertz CT molecular complexity index is 654. The van der Waals surface area contributed by atoms with Crippen LogP contribution < -0.4 is 9.47 Å². The van der Waals surface area contributed by atoms with E-state index < -0.39 is 0 Å². The van der Waals surface area contributed by atoms with E-state index in [1.807, 2.05) is 31.2 Å². The molecule has 0 radical (unpaired) electrons. The Balaban J connectivity index is 1.42. The number of thioether (sulfide) groups is 1. The lowest BCUT2D eigenvalue weighted by atomic mass is 10.3. The third kappa shape index (κ3) is 2.60. The van der Waals surface area contributed by atoms with Gasteiger partial charge in [-0.2, -0.15) is 0 Å². The second kappa shape index (κ2) is 5.26. The Morgan fingerprint density at radius 3 is 2.86 bits per heavy atom. The van der Waals surface area contributed by atoms with Crippen molar-refractivity contribution >= 4 is 11.8 Å². The summed E-state index contributed by atoms with van der Waals surface area (Å²) in [5, 5.41) is 9.48. The second-order valence-electron chi connectivity index (χ2n) is 5.44. The van der Waals surface area contributed by atoms with E-state index in [4.69, 9.17) is 9.47 Å². The molecule has 110 valence electrons. The van der Waals surface area contributed by atoms with Crippen molar-refractivity contribution in [3.63, 3.8) is 0 Å². The molecule has 6 heteroatoms. The summed E-state index contributed by atoms with van der Waals surface area (Å²) in [6.45, 7) is 2.60. The number of benzene rings is 1. The van der Waals surface area contributed by atoms with Gasteiger partial charge in [0.1, 0.15) is 18.5 Å². The minimum absolute atomic E-state index is 0.0505. The molecule has 4 rings (SSSR count). The number of rotatable bonds is 4. The quantitative estimate of drug-likeness (QED) is 0.813. The highest BCUT2D eigenvalue weighted by atomic mass is 32.2. The van der Waals surface area contributed by atoms with E-state index in [9.17, 15) is 0 Å². The number of hydrogen-bond donors (Lipinski definition) is 0. The van der Waals surface area contributed by atoms with E-state index in [1.54, 1.807) is 11.8 Å². The maximum Gasteiger partial charge on any atom is 0.191 e. The van der Waals surface area contributed by atoms with Crippen LogP contribution in [0.1, 0.15) is 24.7 Å². The Labute approximate surface area is 127 Å². The second-order valence-corrected chi connectivity index (χ2v) is 6.43. The number of ether oxygens (including phenoxy) is 2. The molecule has 2 aromatic rings. The molecule has 2 heterocycles. The van der Waals surface area contributed by atoms with Gasteiger partial charge in [0.25, 0.3) is 0 Å². The molecule has 5 nitrogen and oxygen atoms in total. The fourth-order valence-electron chi connectivity index (χ4n) is 2.51. The minimum atomic E-state index is 0.0505. The average molecular weight is 303 g/mol. The molecule has 0 spiro atoms. The lowest BCUT2D eigenvalue weighted by Crippen LogP contribution is -2.31. The fraction of sp³-hybridized carbons (Fsp3) is 0.467. The SMILES string of the molecule is Cc1nnc(SC[C@H]2COc3ccccc3O2)n1C1CC1. The Hall–Kier alpha value is -1.69. The lowest BCUT2D eigenvalue weighted by molar-refractivity contribution is 0.107. The van der Waals surface area contributed by atoms with Gasteiger partial charge in [-0.25, -0.2) is 0 Å². The summed E-state index contributed by atoms with van der Waals surface area (Å²) in [5.74, 6) is 3.48. The van der Waals surface area contributed by atoms with Crippen molar-refractivity contribution in [1.29, 1.82) is 0 Å². The predicted molar refractivity (Wildman–Crippen MR) is 80.1 cm³/mol. The zero-order valence-corrected chi connectivity index (χ0v) is 12.7. The fourth-order valence-corrected chi connectivity index (χ4v) is 3.53.